The molecule has 4 heteroatoms. The number of methoxy groups -OCH3 is 1. The Morgan fingerprint density at radius 2 is 2.12 bits per heavy atom. The highest BCUT2D eigenvalue weighted by molar-refractivity contribution is 9.10. The molecule has 0 bridgehead atoms. The topological polar surface area (TPSA) is 31.2 Å². The highest BCUT2D eigenvalue weighted by Gasteiger charge is 2.13. The van der Waals surface area contributed by atoms with Gasteiger partial charge in [0, 0.05) is 29.8 Å². The zero-order chi connectivity index (χ0) is 11.9. The average molecular weight is 282 g/mol. The van der Waals surface area contributed by atoms with E-state index in [1.165, 1.54) is 0 Å². The van der Waals surface area contributed by atoms with Crippen molar-refractivity contribution in [3.63, 3.8) is 0 Å². The largest absolute Gasteiger partial charge is 0.495 e. The molecule has 0 fully saturated rings. The summed E-state index contributed by atoms with van der Waals surface area (Å²) in [4.78, 5) is 11.1. The Morgan fingerprint density at radius 1 is 1.44 bits per heavy atom. The van der Waals surface area contributed by atoms with E-state index in [2.05, 4.69) is 15.9 Å². The predicted octanol–water partition coefficient (Wildman–Crippen LogP) is 3.07. The van der Waals surface area contributed by atoms with Crippen molar-refractivity contribution in [1.29, 1.82) is 0 Å². The molecule has 0 unspecified atom stereocenters. The van der Waals surface area contributed by atoms with Gasteiger partial charge in [0.05, 0.1) is 17.1 Å². The standard InChI is InChI=1S/C12H12BrNO2/c1-7-9(6-15)8-4-10(13)12(16-3)5-11(8)14(7)2/h4-6H,1-3H3. The van der Waals surface area contributed by atoms with Crippen LogP contribution in [0.4, 0.5) is 0 Å². The van der Waals surface area contributed by atoms with Gasteiger partial charge in [-0.05, 0) is 28.9 Å². The van der Waals surface area contributed by atoms with Crippen molar-refractivity contribution in [2.75, 3.05) is 7.11 Å². The first-order chi connectivity index (χ1) is 7.60. The lowest BCUT2D eigenvalue weighted by Crippen LogP contribution is -1.92. The van der Waals surface area contributed by atoms with E-state index < -0.39 is 0 Å². The fraction of sp³-hybridized carbons (Fsp3) is 0.250. The summed E-state index contributed by atoms with van der Waals surface area (Å²) in [6, 6.07) is 3.85. The van der Waals surface area contributed by atoms with E-state index in [1.807, 2.05) is 30.7 Å². The van der Waals surface area contributed by atoms with Gasteiger partial charge in [-0.1, -0.05) is 0 Å². The number of hydrogen-bond acceptors (Lipinski definition) is 2. The number of nitrogens with zero attached hydrogens (tertiary/aromatic N) is 1. The van der Waals surface area contributed by atoms with Gasteiger partial charge in [-0.3, -0.25) is 4.79 Å². The molecule has 0 N–H and O–H groups in total. The van der Waals surface area contributed by atoms with Crippen LogP contribution in [0.3, 0.4) is 0 Å². The van der Waals surface area contributed by atoms with Gasteiger partial charge in [0.1, 0.15) is 5.75 Å². The number of aromatic nitrogens is 1. The van der Waals surface area contributed by atoms with Gasteiger partial charge in [-0.15, -0.1) is 0 Å². The lowest BCUT2D eigenvalue weighted by molar-refractivity contribution is 0.112. The first-order valence-corrected chi connectivity index (χ1v) is 5.67. The number of fused-ring (bicyclic) bond motifs is 1. The minimum atomic E-state index is 0.737. The van der Waals surface area contributed by atoms with Crippen molar-refractivity contribution in [3.8, 4) is 5.75 Å². The molecule has 16 heavy (non-hydrogen) atoms. The van der Waals surface area contributed by atoms with Crippen molar-refractivity contribution >= 4 is 33.1 Å². The van der Waals surface area contributed by atoms with E-state index in [0.717, 1.165) is 38.7 Å². The van der Waals surface area contributed by atoms with Crippen LogP contribution in [0.1, 0.15) is 16.1 Å². The number of aldehydes is 1. The summed E-state index contributed by atoms with van der Waals surface area (Å²) < 4.78 is 8.09. The van der Waals surface area contributed by atoms with Crippen molar-refractivity contribution < 1.29 is 9.53 Å². The molecule has 2 aromatic rings. The van der Waals surface area contributed by atoms with Crippen molar-refractivity contribution in [2.45, 2.75) is 6.92 Å². The number of hydrogen-bond donors (Lipinski definition) is 0. The number of ether oxygens (including phenoxy) is 1. The Balaban J connectivity index is 2.90. The highest BCUT2D eigenvalue weighted by Crippen LogP contribution is 2.33. The van der Waals surface area contributed by atoms with Crippen LogP contribution >= 0.6 is 15.9 Å². The molecule has 0 atom stereocenters. The Bertz CT molecular complexity index is 572. The molecule has 2 rings (SSSR count). The van der Waals surface area contributed by atoms with Gasteiger partial charge in [-0.25, -0.2) is 0 Å². The Kier molecular flexibility index (Phi) is 2.76. The fourth-order valence-electron chi connectivity index (χ4n) is 1.90. The maximum Gasteiger partial charge on any atom is 0.152 e. The summed E-state index contributed by atoms with van der Waals surface area (Å²) in [5, 5.41) is 0.947. The lowest BCUT2D eigenvalue weighted by atomic mass is 10.1. The van der Waals surface area contributed by atoms with Crippen LogP contribution in [0.5, 0.6) is 5.75 Å². The van der Waals surface area contributed by atoms with Crippen LogP contribution in [-0.4, -0.2) is 18.0 Å². The third kappa shape index (κ3) is 1.45. The Morgan fingerprint density at radius 3 is 2.69 bits per heavy atom. The highest BCUT2D eigenvalue weighted by atomic mass is 79.9. The minimum Gasteiger partial charge on any atom is -0.495 e. The van der Waals surface area contributed by atoms with Gasteiger partial charge in [-0.2, -0.15) is 0 Å². The number of aryl methyl sites for hydroxylation is 1. The number of halogens is 1. The molecular weight excluding hydrogens is 270 g/mol. The third-order valence-electron chi connectivity index (χ3n) is 2.93. The molecule has 1 aromatic carbocycles. The molecule has 0 radical (unpaired) electrons. The van der Waals surface area contributed by atoms with Gasteiger partial charge in [0.2, 0.25) is 0 Å². The minimum absolute atomic E-state index is 0.737. The normalized spacial score (nSPS) is 10.8. The number of carbonyl (C=O) groups excluding carboxylic acids is 1. The second-order valence-electron chi connectivity index (χ2n) is 3.68. The maximum absolute atomic E-state index is 11.1. The third-order valence-corrected chi connectivity index (χ3v) is 3.55. The van der Waals surface area contributed by atoms with Gasteiger partial charge in [0.15, 0.2) is 6.29 Å². The first-order valence-electron chi connectivity index (χ1n) is 4.87. The molecule has 0 saturated carbocycles. The molecule has 0 aliphatic carbocycles. The molecule has 84 valence electrons. The van der Waals surface area contributed by atoms with E-state index >= 15 is 0 Å². The molecule has 0 spiro atoms. The van der Waals surface area contributed by atoms with Crippen LogP contribution in [0, 0.1) is 6.92 Å². The quantitative estimate of drug-likeness (QED) is 0.793. The summed E-state index contributed by atoms with van der Waals surface area (Å²) in [5.41, 5.74) is 2.70. The molecule has 1 heterocycles. The smallest absolute Gasteiger partial charge is 0.152 e. The molecular formula is C12H12BrNO2. The summed E-state index contributed by atoms with van der Waals surface area (Å²) in [5.74, 6) is 0.769. The Hall–Kier alpha value is -1.29. The molecule has 0 amide bonds. The van der Waals surface area contributed by atoms with E-state index in [0.29, 0.717) is 0 Å². The number of benzene rings is 1. The summed E-state index contributed by atoms with van der Waals surface area (Å²) in [6.07, 6.45) is 0.899. The van der Waals surface area contributed by atoms with E-state index in [-0.39, 0.29) is 0 Å². The first kappa shape index (κ1) is 11.2. The zero-order valence-corrected chi connectivity index (χ0v) is 11.0. The van der Waals surface area contributed by atoms with Gasteiger partial charge in [0.25, 0.3) is 0 Å². The molecule has 1 aromatic heterocycles. The maximum atomic E-state index is 11.1. The van der Waals surface area contributed by atoms with Gasteiger partial charge >= 0.3 is 0 Å². The Labute approximate surface area is 102 Å². The van der Waals surface area contributed by atoms with Crippen molar-refractivity contribution in [3.05, 3.63) is 27.9 Å². The van der Waals surface area contributed by atoms with Crippen LogP contribution < -0.4 is 4.74 Å². The number of carbonyl (C=O) groups is 1. The summed E-state index contributed by atoms with van der Waals surface area (Å²) >= 11 is 3.42. The molecule has 0 aliphatic heterocycles. The molecule has 3 nitrogen and oxygen atoms in total. The molecule has 0 saturated heterocycles. The lowest BCUT2D eigenvalue weighted by Gasteiger charge is -2.04. The average Bonchev–Trinajstić information content (AvgIpc) is 2.50. The SMILES string of the molecule is COc1cc2c(cc1Br)c(C=O)c(C)n2C. The van der Waals surface area contributed by atoms with E-state index in [1.54, 1.807) is 7.11 Å². The predicted molar refractivity (Wildman–Crippen MR) is 67.3 cm³/mol. The van der Waals surface area contributed by atoms with Crippen LogP contribution in [0.15, 0.2) is 16.6 Å². The second kappa shape index (κ2) is 3.94. The van der Waals surface area contributed by atoms with Crippen LogP contribution in [-0.2, 0) is 7.05 Å². The van der Waals surface area contributed by atoms with Crippen molar-refractivity contribution in [1.82, 2.24) is 4.57 Å². The number of rotatable bonds is 2. The summed E-state index contributed by atoms with van der Waals surface area (Å²) in [6.45, 7) is 1.93. The van der Waals surface area contributed by atoms with Crippen LogP contribution in [0.25, 0.3) is 10.9 Å². The van der Waals surface area contributed by atoms with E-state index in [9.17, 15) is 4.79 Å². The summed E-state index contributed by atoms with van der Waals surface area (Å²) in [7, 11) is 3.57. The molecule has 0 aliphatic rings. The monoisotopic (exact) mass is 281 g/mol. The second-order valence-corrected chi connectivity index (χ2v) is 4.53. The van der Waals surface area contributed by atoms with Gasteiger partial charge < -0.3 is 9.30 Å². The van der Waals surface area contributed by atoms with Crippen molar-refractivity contribution in [2.24, 2.45) is 7.05 Å². The zero-order valence-electron chi connectivity index (χ0n) is 9.37. The van der Waals surface area contributed by atoms with Crippen LogP contribution in [0.2, 0.25) is 0 Å². The van der Waals surface area contributed by atoms with E-state index in [4.69, 9.17) is 4.74 Å². The fourth-order valence-corrected chi connectivity index (χ4v) is 2.40.